The summed E-state index contributed by atoms with van der Waals surface area (Å²) in [5.41, 5.74) is 5.41. The molecule has 78 valence electrons. The van der Waals surface area contributed by atoms with E-state index in [-0.39, 0.29) is 18.4 Å². The molecule has 0 aromatic rings. The lowest BCUT2D eigenvalue weighted by molar-refractivity contribution is -0.145. The highest BCUT2D eigenvalue weighted by Gasteiger charge is 2.05. The third-order valence-corrected chi connectivity index (χ3v) is 1.33. The molecule has 0 aliphatic rings. The van der Waals surface area contributed by atoms with Gasteiger partial charge >= 0.3 is 5.97 Å². The maximum atomic E-state index is 10.9. The van der Waals surface area contributed by atoms with Crippen molar-refractivity contribution in [1.82, 2.24) is 0 Å². The predicted molar refractivity (Wildman–Crippen MR) is 50.3 cm³/mol. The van der Waals surface area contributed by atoms with Crippen LogP contribution in [0.25, 0.3) is 0 Å². The van der Waals surface area contributed by atoms with Crippen LogP contribution in [0.4, 0.5) is 0 Å². The Kier molecular flexibility index (Phi) is 7.63. The molecule has 0 radical (unpaired) electrons. The second kappa shape index (κ2) is 8.01. The molecule has 0 aromatic heterocycles. The van der Waals surface area contributed by atoms with Crippen LogP contribution < -0.4 is 5.73 Å². The second-order valence-corrected chi connectivity index (χ2v) is 3.01. The van der Waals surface area contributed by atoms with Gasteiger partial charge in [-0.2, -0.15) is 0 Å². The monoisotopic (exact) mass is 189 g/mol. The molecule has 0 heterocycles. The molecule has 4 nitrogen and oxygen atoms in total. The lowest BCUT2D eigenvalue weighted by Gasteiger charge is -2.06. The van der Waals surface area contributed by atoms with Crippen molar-refractivity contribution in [3.05, 3.63) is 0 Å². The molecule has 0 bridgehead atoms. The first-order valence-corrected chi connectivity index (χ1v) is 4.65. The van der Waals surface area contributed by atoms with E-state index >= 15 is 0 Å². The van der Waals surface area contributed by atoms with Crippen molar-refractivity contribution >= 4 is 5.97 Å². The van der Waals surface area contributed by atoms with Gasteiger partial charge in [-0.3, -0.25) is 4.79 Å². The number of ether oxygens (including phenoxy) is 2. The SMILES string of the molecule is CCCOCCOC(=O)CC(C)N. The van der Waals surface area contributed by atoms with Crippen LogP contribution in [0.5, 0.6) is 0 Å². The van der Waals surface area contributed by atoms with Crippen molar-refractivity contribution in [2.24, 2.45) is 5.73 Å². The van der Waals surface area contributed by atoms with Crippen LogP contribution in [-0.4, -0.2) is 31.8 Å². The molecule has 13 heavy (non-hydrogen) atoms. The smallest absolute Gasteiger partial charge is 0.307 e. The molecule has 0 aliphatic carbocycles. The van der Waals surface area contributed by atoms with Crippen LogP contribution >= 0.6 is 0 Å². The van der Waals surface area contributed by atoms with E-state index < -0.39 is 0 Å². The summed E-state index contributed by atoms with van der Waals surface area (Å²) in [6, 6.07) is -0.135. The fourth-order valence-corrected chi connectivity index (χ4v) is 0.783. The Bertz CT molecular complexity index is 137. The summed E-state index contributed by atoms with van der Waals surface area (Å²) in [7, 11) is 0. The largest absolute Gasteiger partial charge is 0.463 e. The maximum absolute atomic E-state index is 10.9. The summed E-state index contributed by atoms with van der Waals surface area (Å²) in [5, 5.41) is 0. The van der Waals surface area contributed by atoms with Crippen molar-refractivity contribution in [3.63, 3.8) is 0 Å². The minimum atomic E-state index is -0.255. The van der Waals surface area contributed by atoms with Gasteiger partial charge in [0.25, 0.3) is 0 Å². The average molecular weight is 189 g/mol. The van der Waals surface area contributed by atoms with Gasteiger partial charge in [0.1, 0.15) is 6.61 Å². The second-order valence-electron chi connectivity index (χ2n) is 3.01. The summed E-state index contributed by atoms with van der Waals surface area (Å²) in [5.74, 6) is -0.255. The minimum Gasteiger partial charge on any atom is -0.463 e. The van der Waals surface area contributed by atoms with Crippen LogP contribution in [0.1, 0.15) is 26.7 Å². The van der Waals surface area contributed by atoms with Gasteiger partial charge in [0.2, 0.25) is 0 Å². The summed E-state index contributed by atoms with van der Waals surface area (Å²) in [6.45, 7) is 5.31. The van der Waals surface area contributed by atoms with Crippen LogP contribution in [0.3, 0.4) is 0 Å². The Hall–Kier alpha value is -0.610. The zero-order valence-electron chi connectivity index (χ0n) is 8.41. The van der Waals surface area contributed by atoms with E-state index in [0.29, 0.717) is 19.8 Å². The number of rotatable bonds is 7. The van der Waals surface area contributed by atoms with Gasteiger partial charge in [0.15, 0.2) is 0 Å². The standard InChI is InChI=1S/C9H19NO3/c1-3-4-12-5-6-13-9(11)7-8(2)10/h8H,3-7,10H2,1-2H3. The topological polar surface area (TPSA) is 61.5 Å². The van der Waals surface area contributed by atoms with E-state index in [1.807, 2.05) is 6.92 Å². The molecule has 4 heteroatoms. The van der Waals surface area contributed by atoms with Crippen molar-refractivity contribution in [3.8, 4) is 0 Å². The highest BCUT2D eigenvalue weighted by molar-refractivity contribution is 5.69. The van der Waals surface area contributed by atoms with Crippen molar-refractivity contribution in [2.75, 3.05) is 19.8 Å². The first kappa shape index (κ1) is 12.4. The Morgan fingerprint density at radius 3 is 2.62 bits per heavy atom. The first-order valence-electron chi connectivity index (χ1n) is 4.65. The average Bonchev–Trinajstić information content (AvgIpc) is 2.02. The Morgan fingerprint density at radius 2 is 2.08 bits per heavy atom. The van der Waals surface area contributed by atoms with Gasteiger partial charge in [-0.1, -0.05) is 6.92 Å². The normalized spacial score (nSPS) is 12.5. The highest BCUT2D eigenvalue weighted by atomic mass is 16.6. The number of nitrogens with two attached hydrogens (primary N) is 1. The maximum Gasteiger partial charge on any atom is 0.307 e. The summed E-state index contributed by atoms with van der Waals surface area (Å²) >= 11 is 0. The van der Waals surface area contributed by atoms with Gasteiger partial charge in [-0.05, 0) is 13.3 Å². The lowest BCUT2D eigenvalue weighted by atomic mass is 10.3. The quantitative estimate of drug-likeness (QED) is 0.473. The molecule has 0 saturated heterocycles. The molecule has 0 aromatic carbocycles. The molecule has 0 fully saturated rings. The van der Waals surface area contributed by atoms with E-state index in [2.05, 4.69) is 0 Å². The van der Waals surface area contributed by atoms with Gasteiger partial charge in [-0.15, -0.1) is 0 Å². The fraction of sp³-hybridized carbons (Fsp3) is 0.889. The molecular weight excluding hydrogens is 170 g/mol. The number of carbonyl (C=O) groups excluding carboxylic acids is 1. The molecule has 2 N–H and O–H groups in total. The third-order valence-electron chi connectivity index (χ3n) is 1.33. The number of hydrogen-bond donors (Lipinski definition) is 1. The molecule has 0 rings (SSSR count). The first-order chi connectivity index (χ1) is 6.16. The summed E-state index contributed by atoms with van der Waals surface area (Å²) in [6.07, 6.45) is 1.25. The van der Waals surface area contributed by atoms with E-state index in [0.717, 1.165) is 6.42 Å². The molecule has 1 unspecified atom stereocenters. The highest BCUT2D eigenvalue weighted by Crippen LogP contribution is 1.90. The molecule has 0 amide bonds. The van der Waals surface area contributed by atoms with Crippen LogP contribution in [0, 0.1) is 0 Å². The molecule has 1 atom stereocenters. The number of hydrogen-bond acceptors (Lipinski definition) is 4. The minimum absolute atomic E-state index is 0.135. The van der Waals surface area contributed by atoms with Crippen LogP contribution in [0.15, 0.2) is 0 Å². The zero-order valence-corrected chi connectivity index (χ0v) is 8.41. The fourth-order valence-electron chi connectivity index (χ4n) is 0.783. The van der Waals surface area contributed by atoms with E-state index in [9.17, 15) is 4.79 Å². The van der Waals surface area contributed by atoms with E-state index in [4.69, 9.17) is 15.2 Å². The van der Waals surface area contributed by atoms with Gasteiger partial charge in [0.05, 0.1) is 13.0 Å². The third kappa shape index (κ3) is 9.30. The number of esters is 1. The van der Waals surface area contributed by atoms with Crippen molar-refractivity contribution in [1.29, 1.82) is 0 Å². The van der Waals surface area contributed by atoms with Crippen LogP contribution in [-0.2, 0) is 14.3 Å². The summed E-state index contributed by atoms with van der Waals surface area (Å²) in [4.78, 5) is 10.9. The predicted octanol–water partition coefficient (Wildman–Crippen LogP) is 0.694. The Balaban J connectivity index is 3.17. The van der Waals surface area contributed by atoms with Crippen molar-refractivity contribution in [2.45, 2.75) is 32.7 Å². The Labute approximate surface area is 79.4 Å². The lowest BCUT2D eigenvalue weighted by Crippen LogP contribution is -2.22. The molecule has 0 aliphatic heterocycles. The van der Waals surface area contributed by atoms with Gasteiger partial charge in [-0.25, -0.2) is 0 Å². The van der Waals surface area contributed by atoms with Crippen molar-refractivity contribution < 1.29 is 14.3 Å². The molecule has 0 spiro atoms. The van der Waals surface area contributed by atoms with E-state index in [1.165, 1.54) is 0 Å². The number of carbonyl (C=O) groups is 1. The van der Waals surface area contributed by atoms with Gasteiger partial charge in [0, 0.05) is 12.6 Å². The van der Waals surface area contributed by atoms with E-state index in [1.54, 1.807) is 6.92 Å². The Morgan fingerprint density at radius 1 is 1.38 bits per heavy atom. The molecule has 0 saturated carbocycles. The zero-order chi connectivity index (χ0) is 10.1. The summed E-state index contributed by atoms with van der Waals surface area (Å²) < 4.78 is 9.99. The van der Waals surface area contributed by atoms with Gasteiger partial charge < -0.3 is 15.2 Å². The molecular formula is C9H19NO3. The van der Waals surface area contributed by atoms with Crippen LogP contribution in [0.2, 0.25) is 0 Å².